The molecule has 1 aliphatic rings. The van der Waals surface area contributed by atoms with Crippen molar-refractivity contribution in [3.8, 4) is 0 Å². The van der Waals surface area contributed by atoms with E-state index in [0.717, 1.165) is 6.42 Å². The zero-order chi connectivity index (χ0) is 13.0. The van der Waals surface area contributed by atoms with Crippen molar-refractivity contribution in [2.24, 2.45) is 23.3 Å². The van der Waals surface area contributed by atoms with Crippen molar-refractivity contribution in [2.75, 3.05) is 0 Å². The van der Waals surface area contributed by atoms with E-state index < -0.39 is 17.9 Å². The molecule has 0 spiro atoms. The normalized spacial score (nSPS) is 26.0. The van der Waals surface area contributed by atoms with E-state index >= 15 is 0 Å². The predicted octanol–water partition coefficient (Wildman–Crippen LogP) is 0.333. The van der Waals surface area contributed by atoms with E-state index in [-0.39, 0.29) is 24.4 Å². The van der Waals surface area contributed by atoms with E-state index in [9.17, 15) is 9.59 Å². The van der Waals surface area contributed by atoms with Crippen molar-refractivity contribution in [3.05, 3.63) is 12.2 Å². The summed E-state index contributed by atoms with van der Waals surface area (Å²) in [6, 6.07) is -0.139. The maximum Gasteiger partial charge on any atom is 0.317 e. The zero-order valence-corrected chi connectivity index (χ0v) is 10.3. The van der Waals surface area contributed by atoms with Crippen LogP contribution in [0.2, 0.25) is 0 Å². The molecule has 1 aliphatic heterocycles. The summed E-state index contributed by atoms with van der Waals surface area (Å²) in [6.45, 7) is 3.72. The number of carbonyl (C=O) groups is 2. The van der Waals surface area contributed by atoms with Gasteiger partial charge in [0.1, 0.15) is 0 Å². The highest BCUT2D eigenvalue weighted by molar-refractivity contribution is 5.94. The Labute approximate surface area is 101 Å². The lowest BCUT2D eigenvalue weighted by atomic mass is 9.85. The van der Waals surface area contributed by atoms with Crippen molar-refractivity contribution < 1.29 is 14.3 Å². The van der Waals surface area contributed by atoms with Gasteiger partial charge in [0.05, 0.1) is 12.3 Å². The van der Waals surface area contributed by atoms with Crippen molar-refractivity contribution in [1.29, 1.82) is 0 Å². The van der Waals surface area contributed by atoms with Gasteiger partial charge < -0.3 is 16.2 Å². The summed E-state index contributed by atoms with van der Waals surface area (Å²) in [6.07, 6.45) is 4.62. The highest BCUT2D eigenvalue weighted by Crippen LogP contribution is 2.27. The van der Waals surface area contributed by atoms with Crippen LogP contribution in [0.3, 0.4) is 0 Å². The highest BCUT2D eigenvalue weighted by Gasteiger charge is 2.39. The van der Waals surface area contributed by atoms with Crippen LogP contribution in [-0.4, -0.2) is 24.0 Å². The summed E-state index contributed by atoms with van der Waals surface area (Å²) in [5, 5.41) is 0. The first-order valence-corrected chi connectivity index (χ1v) is 5.84. The molecule has 0 aromatic heterocycles. The predicted molar refractivity (Wildman–Crippen MR) is 63.8 cm³/mol. The Morgan fingerprint density at radius 3 is 2.47 bits per heavy atom. The van der Waals surface area contributed by atoms with Gasteiger partial charge in [0, 0.05) is 18.0 Å². The second-order valence-electron chi connectivity index (χ2n) is 4.68. The van der Waals surface area contributed by atoms with Gasteiger partial charge in [-0.2, -0.15) is 0 Å². The summed E-state index contributed by atoms with van der Waals surface area (Å²) in [5.41, 5.74) is 11.5. The first-order chi connectivity index (χ1) is 7.91. The maximum atomic E-state index is 11.5. The van der Waals surface area contributed by atoms with Gasteiger partial charge >= 0.3 is 11.9 Å². The van der Waals surface area contributed by atoms with Crippen LogP contribution in [0.25, 0.3) is 0 Å². The van der Waals surface area contributed by atoms with Crippen LogP contribution in [-0.2, 0) is 14.3 Å². The number of esters is 2. The van der Waals surface area contributed by atoms with Crippen molar-refractivity contribution in [1.82, 2.24) is 0 Å². The van der Waals surface area contributed by atoms with Crippen LogP contribution in [0.1, 0.15) is 26.7 Å². The first kappa shape index (κ1) is 13.9. The van der Waals surface area contributed by atoms with Crippen molar-refractivity contribution >= 4 is 11.9 Å². The van der Waals surface area contributed by atoms with Gasteiger partial charge in [-0.1, -0.05) is 12.2 Å². The molecule has 0 radical (unpaired) electrons. The lowest BCUT2D eigenvalue weighted by Gasteiger charge is -2.20. The second-order valence-corrected chi connectivity index (χ2v) is 4.68. The van der Waals surface area contributed by atoms with Gasteiger partial charge in [0.15, 0.2) is 0 Å². The quantitative estimate of drug-likeness (QED) is 0.410. The molecule has 0 aromatic rings. The molecule has 0 aromatic carbocycles. The Bertz CT molecular complexity index is 324. The SMILES string of the molecule is CC(N)C/C=C\C(C(C)N)C1CC(=O)OC1=O. The molecule has 5 heteroatoms. The van der Waals surface area contributed by atoms with Crippen LogP contribution in [0.15, 0.2) is 12.2 Å². The molecule has 4 N–H and O–H groups in total. The smallest absolute Gasteiger partial charge is 0.317 e. The third-order valence-corrected chi connectivity index (χ3v) is 2.84. The Morgan fingerprint density at radius 1 is 1.41 bits per heavy atom. The number of ether oxygens (including phenoxy) is 1. The van der Waals surface area contributed by atoms with Gasteiger partial charge in [0.2, 0.25) is 0 Å². The highest BCUT2D eigenvalue weighted by atomic mass is 16.6. The third-order valence-electron chi connectivity index (χ3n) is 2.84. The number of carbonyl (C=O) groups excluding carboxylic acids is 2. The fraction of sp³-hybridized carbons (Fsp3) is 0.667. The lowest BCUT2D eigenvalue weighted by Crippen LogP contribution is -2.33. The molecule has 5 nitrogen and oxygen atoms in total. The number of hydrogen-bond acceptors (Lipinski definition) is 5. The lowest BCUT2D eigenvalue weighted by molar-refractivity contribution is -0.153. The molecule has 1 heterocycles. The molecule has 4 atom stereocenters. The zero-order valence-electron chi connectivity index (χ0n) is 10.3. The standard InChI is InChI=1S/C12H20N2O3/c1-7(13)4-3-5-9(8(2)14)10-6-11(15)17-12(10)16/h3,5,7-10H,4,6,13-14H2,1-2H3/b5-3-. The maximum absolute atomic E-state index is 11.5. The molecule has 1 saturated heterocycles. The molecule has 96 valence electrons. The molecule has 0 amide bonds. The molecular weight excluding hydrogens is 220 g/mol. The minimum atomic E-state index is -0.470. The van der Waals surface area contributed by atoms with Crippen LogP contribution >= 0.6 is 0 Å². The van der Waals surface area contributed by atoms with Gasteiger partial charge in [-0.3, -0.25) is 9.59 Å². The Hall–Kier alpha value is -1.20. The molecule has 0 bridgehead atoms. The first-order valence-electron chi connectivity index (χ1n) is 5.84. The summed E-state index contributed by atoms with van der Waals surface area (Å²) in [7, 11) is 0. The average molecular weight is 240 g/mol. The van der Waals surface area contributed by atoms with Crippen LogP contribution < -0.4 is 11.5 Å². The average Bonchev–Trinajstić information content (AvgIpc) is 2.51. The molecule has 4 unspecified atom stereocenters. The Balaban J connectivity index is 2.69. The fourth-order valence-corrected chi connectivity index (χ4v) is 1.91. The molecule has 0 saturated carbocycles. The van der Waals surface area contributed by atoms with Crippen LogP contribution in [0.5, 0.6) is 0 Å². The fourth-order valence-electron chi connectivity index (χ4n) is 1.91. The molecule has 0 aliphatic carbocycles. The van der Waals surface area contributed by atoms with E-state index in [4.69, 9.17) is 11.5 Å². The number of rotatable bonds is 5. The van der Waals surface area contributed by atoms with Crippen molar-refractivity contribution in [3.63, 3.8) is 0 Å². The molecule has 1 fully saturated rings. The van der Waals surface area contributed by atoms with Crippen LogP contribution in [0.4, 0.5) is 0 Å². The minimum absolute atomic E-state index is 0.0668. The molecule has 1 rings (SSSR count). The third kappa shape index (κ3) is 3.94. The van der Waals surface area contributed by atoms with E-state index in [1.54, 1.807) is 0 Å². The van der Waals surface area contributed by atoms with Crippen LogP contribution in [0, 0.1) is 11.8 Å². The molecular formula is C12H20N2O3. The number of hydrogen-bond donors (Lipinski definition) is 2. The minimum Gasteiger partial charge on any atom is -0.393 e. The Morgan fingerprint density at radius 2 is 2.06 bits per heavy atom. The summed E-state index contributed by atoms with van der Waals surface area (Å²) in [4.78, 5) is 22.5. The van der Waals surface area contributed by atoms with E-state index in [0.29, 0.717) is 0 Å². The van der Waals surface area contributed by atoms with E-state index in [1.165, 1.54) is 0 Å². The Kier molecular flexibility index (Phi) is 4.84. The van der Waals surface area contributed by atoms with Gasteiger partial charge in [0.25, 0.3) is 0 Å². The number of nitrogens with two attached hydrogens (primary N) is 2. The number of cyclic esters (lactones) is 2. The van der Waals surface area contributed by atoms with Gasteiger partial charge in [-0.15, -0.1) is 0 Å². The topological polar surface area (TPSA) is 95.4 Å². The van der Waals surface area contributed by atoms with Gasteiger partial charge in [-0.05, 0) is 20.3 Å². The summed E-state index contributed by atoms with van der Waals surface area (Å²) >= 11 is 0. The monoisotopic (exact) mass is 240 g/mol. The second kappa shape index (κ2) is 5.93. The van der Waals surface area contributed by atoms with E-state index in [2.05, 4.69) is 4.74 Å². The summed E-state index contributed by atoms with van der Waals surface area (Å²) < 4.78 is 4.54. The van der Waals surface area contributed by atoms with Gasteiger partial charge in [-0.25, -0.2) is 0 Å². The van der Waals surface area contributed by atoms with E-state index in [1.807, 2.05) is 26.0 Å². The van der Waals surface area contributed by atoms with Crippen molar-refractivity contribution in [2.45, 2.75) is 38.8 Å². The largest absolute Gasteiger partial charge is 0.393 e. The molecule has 17 heavy (non-hydrogen) atoms. The summed E-state index contributed by atoms with van der Waals surface area (Å²) in [5.74, 6) is -1.56.